The van der Waals surface area contributed by atoms with Crippen molar-refractivity contribution in [3.8, 4) is 17.6 Å². The second-order valence-electron chi connectivity index (χ2n) is 5.23. The average molecular weight is 311 g/mol. The lowest BCUT2D eigenvalue weighted by Gasteiger charge is -2.16. The van der Waals surface area contributed by atoms with Gasteiger partial charge in [0, 0.05) is 29.6 Å². The number of nitriles is 1. The summed E-state index contributed by atoms with van der Waals surface area (Å²) in [7, 11) is 1.60. The molecule has 0 amide bonds. The van der Waals surface area contributed by atoms with E-state index in [-0.39, 0.29) is 0 Å². The van der Waals surface area contributed by atoms with E-state index < -0.39 is 0 Å². The third kappa shape index (κ3) is 6.24. The third-order valence-electron chi connectivity index (χ3n) is 2.86. The fraction of sp³-hybridized carbons (Fsp3) is 0.562. The first-order valence-electron chi connectivity index (χ1n) is 7.15. The molecule has 1 N–H and O–H groups in total. The lowest BCUT2D eigenvalue weighted by atomic mass is 10.1. The van der Waals surface area contributed by atoms with Gasteiger partial charge >= 0.3 is 0 Å². The Labute approximate surface area is 132 Å². The minimum Gasteiger partial charge on any atom is -0.493 e. The number of nitrogens with one attached hydrogen (secondary N) is 1. The smallest absolute Gasteiger partial charge is 0.165 e. The van der Waals surface area contributed by atoms with Crippen LogP contribution in [0.15, 0.2) is 12.1 Å². The maximum Gasteiger partial charge on any atom is 0.165 e. The fourth-order valence-electron chi connectivity index (χ4n) is 1.89. The van der Waals surface area contributed by atoms with Crippen LogP contribution in [0, 0.1) is 17.2 Å². The van der Waals surface area contributed by atoms with Crippen LogP contribution in [0.3, 0.4) is 0 Å². The summed E-state index contributed by atoms with van der Waals surface area (Å²) in [6, 6.07) is 5.74. The van der Waals surface area contributed by atoms with E-state index in [4.69, 9.17) is 26.3 Å². The van der Waals surface area contributed by atoms with Crippen LogP contribution in [-0.2, 0) is 6.54 Å². The number of methoxy groups -OCH3 is 1. The minimum atomic E-state index is 0.483. The second-order valence-corrected chi connectivity index (χ2v) is 5.67. The Hall–Kier alpha value is -1.44. The Morgan fingerprint density at radius 1 is 1.38 bits per heavy atom. The molecule has 4 nitrogen and oxygen atoms in total. The summed E-state index contributed by atoms with van der Waals surface area (Å²) in [5.41, 5.74) is 0.969. The molecule has 0 bridgehead atoms. The van der Waals surface area contributed by atoms with Crippen molar-refractivity contribution < 1.29 is 9.47 Å². The summed E-state index contributed by atoms with van der Waals surface area (Å²) in [6.45, 7) is 6.39. The van der Waals surface area contributed by atoms with Gasteiger partial charge in [-0.3, -0.25) is 0 Å². The maximum absolute atomic E-state index is 8.57. The summed E-state index contributed by atoms with van der Waals surface area (Å²) < 4.78 is 11.1. The zero-order valence-electron chi connectivity index (χ0n) is 12.9. The predicted octanol–water partition coefficient (Wildman–Crippen LogP) is 3.78. The average Bonchev–Trinajstić information content (AvgIpc) is 2.44. The van der Waals surface area contributed by atoms with E-state index in [1.54, 1.807) is 13.2 Å². The van der Waals surface area contributed by atoms with Crippen molar-refractivity contribution in [2.24, 2.45) is 5.92 Å². The zero-order chi connectivity index (χ0) is 15.7. The van der Waals surface area contributed by atoms with Crippen LogP contribution < -0.4 is 14.8 Å². The maximum atomic E-state index is 8.57. The molecule has 116 valence electrons. The molecule has 0 spiro atoms. The van der Waals surface area contributed by atoms with E-state index in [2.05, 4.69) is 25.2 Å². The SMILES string of the molecule is COc1cc(Cl)cc(CNCC(C)C)c1OCCCC#N. The van der Waals surface area contributed by atoms with Gasteiger partial charge in [0.2, 0.25) is 0 Å². The molecular formula is C16H23ClN2O2. The molecule has 0 aliphatic heterocycles. The van der Waals surface area contributed by atoms with Crippen molar-refractivity contribution in [2.75, 3.05) is 20.3 Å². The number of hydrogen-bond acceptors (Lipinski definition) is 4. The number of benzene rings is 1. The number of nitrogens with zero attached hydrogens (tertiary/aromatic N) is 1. The first-order chi connectivity index (χ1) is 10.1. The van der Waals surface area contributed by atoms with Crippen molar-refractivity contribution >= 4 is 11.6 Å². The van der Waals surface area contributed by atoms with Gasteiger partial charge in [-0.2, -0.15) is 5.26 Å². The number of hydrogen-bond donors (Lipinski definition) is 1. The van der Waals surface area contributed by atoms with Crippen molar-refractivity contribution in [3.05, 3.63) is 22.7 Å². The highest BCUT2D eigenvalue weighted by molar-refractivity contribution is 6.30. The van der Waals surface area contributed by atoms with E-state index in [1.165, 1.54) is 0 Å². The van der Waals surface area contributed by atoms with E-state index >= 15 is 0 Å². The Morgan fingerprint density at radius 2 is 2.14 bits per heavy atom. The summed E-state index contributed by atoms with van der Waals surface area (Å²) in [6.07, 6.45) is 1.18. The van der Waals surface area contributed by atoms with Gasteiger partial charge in [-0.15, -0.1) is 0 Å². The topological polar surface area (TPSA) is 54.3 Å². The molecule has 0 heterocycles. The Balaban J connectivity index is 2.81. The van der Waals surface area contributed by atoms with E-state index in [0.29, 0.717) is 48.4 Å². The van der Waals surface area contributed by atoms with Crippen LogP contribution in [-0.4, -0.2) is 20.3 Å². The molecule has 0 saturated carbocycles. The molecule has 1 aromatic rings. The molecule has 0 aromatic heterocycles. The van der Waals surface area contributed by atoms with Crippen LogP contribution in [0.4, 0.5) is 0 Å². The highest BCUT2D eigenvalue weighted by atomic mass is 35.5. The molecule has 0 fully saturated rings. The van der Waals surface area contributed by atoms with Gasteiger partial charge in [0.1, 0.15) is 0 Å². The van der Waals surface area contributed by atoms with Crippen LogP contribution in [0.5, 0.6) is 11.5 Å². The van der Waals surface area contributed by atoms with Crippen molar-refractivity contribution in [2.45, 2.75) is 33.2 Å². The van der Waals surface area contributed by atoms with Crippen LogP contribution in [0.25, 0.3) is 0 Å². The Kier molecular flexibility index (Phi) is 7.96. The monoisotopic (exact) mass is 310 g/mol. The number of unbranched alkanes of at least 4 members (excludes halogenated alkanes) is 1. The fourth-order valence-corrected chi connectivity index (χ4v) is 2.12. The minimum absolute atomic E-state index is 0.483. The molecule has 0 aliphatic carbocycles. The molecule has 0 unspecified atom stereocenters. The molecular weight excluding hydrogens is 288 g/mol. The molecule has 1 aromatic carbocycles. The first kappa shape index (κ1) is 17.6. The zero-order valence-corrected chi connectivity index (χ0v) is 13.7. The van der Waals surface area contributed by atoms with Crippen LogP contribution in [0.2, 0.25) is 5.02 Å². The Bertz CT molecular complexity index is 484. The quantitative estimate of drug-likeness (QED) is 0.705. The first-order valence-corrected chi connectivity index (χ1v) is 7.53. The van der Waals surface area contributed by atoms with Gasteiger partial charge in [-0.05, 0) is 24.9 Å². The summed E-state index contributed by atoms with van der Waals surface area (Å²) >= 11 is 6.12. The largest absolute Gasteiger partial charge is 0.493 e. The Morgan fingerprint density at radius 3 is 2.76 bits per heavy atom. The van der Waals surface area contributed by atoms with E-state index in [1.807, 2.05) is 6.07 Å². The van der Waals surface area contributed by atoms with Crippen LogP contribution in [0.1, 0.15) is 32.3 Å². The second kappa shape index (κ2) is 9.49. The van der Waals surface area contributed by atoms with E-state index in [9.17, 15) is 0 Å². The molecule has 5 heteroatoms. The molecule has 0 atom stereocenters. The van der Waals surface area contributed by atoms with Gasteiger partial charge in [-0.1, -0.05) is 25.4 Å². The standard InChI is InChI=1S/C16H23ClN2O2/c1-12(2)10-19-11-13-8-14(17)9-15(20-3)16(13)21-7-5-4-6-18/h8-9,12,19H,4-5,7,10-11H2,1-3H3. The highest BCUT2D eigenvalue weighted by Crippen LogP contribution is 2.34. The van der Waals surface area contributed by atoms with Crippen molar-refractivity contribution in [3.63, 3.8) is 0 Å². The predicted molar refractivity (Wildman–Crippen MR) is 84.9 cm³/mol. The number of halogens is 1. The highest BCUT2D eigenvalue weighted by Gasteiger charge is 2.13. The summed E-state index contributed by atoms with van der Waals surface area (Å²) in [5.74, 6) is 1.91. The molecule has 0 radical (unpaired) electrons. The lowest BCUT2D eigenvalue weighted by molar-refractivity contribution is 0.287. The summed E-state index contributed by atoms with van der Waals surface area (Å²) in [5, 5.41) is 12.6. The van der Waals surface area contributed by atoms with Gasteiger partial charge in [-0.25, -0.2) is 0 Å². The molecule has 0 saturated heterocycles. The van der Waals surface area contributed by atoms with Gasteiger partial charge in [0.25, 0.3) is 0 Å². The van der Waals surface area contributed by atoms with Gasteiger partial charge in [0.05, 0.1) is 19.8 Å². The van der Waals surface area contributed by atoms with Crippen molar-refractivity contribution in [1.82, 2.24) is 5.32 Å². The van der Waals surface area contributed by atoms with Gasteiger partial charge in [0.15, 0.2) is 11.5 Å². The third-order valence-corrected chi connectivity index (χ3v) is 3.08. The summed E-state index contributed by atoms with van der Waals surface area (Å²) in [4.78, 5) is 0. The number of ether oxygens (including phenoxy) is 2. The lowest BCUT2D eigenvalue weighted by Crippen LogP contribution is -2.19. The van der Waals surface area contributed by atoms with E-state index in [0.717, 1.165) is 12.1 Å². The van der Waals surface area contributed by atoms with Gasteiger partial charge < -0.3 is 14.8 Å². The number of rotatable bonds is 9. The van der Waals surface area contributed by atoms with Crippen molar-refractivity contribution in [1.29, 1.82) is 5.26 Å². The molecule has 21 heavy (non-hydrogen) atoms. The molecule has 1 rings (SSSR count). The van der Waals surface area contributed by atoms with Crippen LogP contribution >= 0.6 is 11.6 Å². The normalized spacial score (nSPS) is 10.5. The molecule has 0 aliphatic rings.